The van der Waals surface area contributed by atoms with Gasteiger partial charge in [0.1, 0.15) is 0 Å². The molecule has 0 aliphatic rings. The summed E-state index contributed by atoms with van der Waals surface area (Å²) < 4.78 is 5.15. The average molecular weight is 361 g/mol. The molecule has 0 amide bonds. The van der Waals surface area contributed by atoms with E-state index in [-0.39, 0.29) is 5.97 Å². The van der Waals surface area contributed by atoms with Gasteiger partial charge < -0.3 is 4.74 Å². The smallest absolute Gasteiger partial charge is 0.305 e. The minimum absolute atomic E-state index is 0.0745. The lowest BCUT2D eigenvalue weighted by Gasteiger charge is -2.06. The van der Waals surface area contributed by atoms with Crippen LogP contribution in [0.25, 0.3) is 0 Å². The van der Waals surface area contributed by atoms with Crippen LogP contribution in [-0.2, 0) is 9.53 Å². The van der Waals surface area contributed by atoms with Gasteiger partial charge in [0.2, 0.25) is 0 Å². The molecular formula is C24H40O2. The quantitative estimate of drug-likeness (QED) is 0.164. The van der Waals surface area contributed by atoms with Crippen molar-refractivity contribution in [3.63, 3.8) is 0 Å². The molecule has 0 heterocycles. The Morgan fingerprint density at radius 2 is 1.27 bits per heavy atom. The van der Waals surface area contributed by atoms with Crippen molar-refractivity contribution < 1.29 is 9.53 Å². The summed E-state index contributed by atoms with van der Waals surface area (Å²) >= 11 is 0. The largest absolute Gasteiger partial charge is 0.465 e. The number of rotatable bonds is 16. The first kappa shape index (κ1) is 24.4. The van der Waals surface area contributed by atoms with E-state index in [2.05, 4.69) is 55.5 Å². The fraction of sp³-hybridized carbons (Fsp3) is 0.625. The van der Waals surface area contributed by atoms with Crippen molar-refractivity contribution >= 4 is 5.97 Å². The number of ether oxygens (including phenoxy) is 1. The van der Waals surface area contributed by atoms with Crippen LogP contribution in [0.4, 0.5) is 0 Å². The van der Waals surface area contributed by atoms with E-state index in [0.29, 0.717) is 18.9 Å². The Balaban J connectivity index is 3.47. The van der Waals surface area contributed by atoms with Gasteiger partial charge in [0.25, 0.3) is 0 Å². The minimum atomic E-state index is -0.0745. The predicted octanol–water partition coefficient (Wildman–Crippen LogP) is 7.33. The molecule has 2 heteroatoms. The number of unbranched alkanes of at least 4 members (excludes halogenated alkanes) is 4. The molecule has 0 spiro atoms. The van der Waals surface area contributed by atoms with E-state index in [9.17, 15) is 4.79 Å². The Morgan fingerprint density at radius 3 is 1.77 bits per heavy atom. The number of carbonyl (C=O) groups excluding carboxylic acids is 1. The summed E-state index contributed by atoms with van der Waals surface area (Å²) in [7, 11) is 0. The van der Waals surface area contributed by atoms with Crippen molar-refractivity contribution in [2.75, 3.05) is 6.61 Å². The molecule has 0 aliphatic carbocycles. The van der Waals surface area contributed by atoms with Crippen molar-refractivity contribution in [1.82, 2.24) is 0 Å². The molecule has 0 aromatic heterocycles. The third kappa shape index (κ3) is 20.5. The number of hydrogen-bond donors (Lipinski definition) is 0. The second kappa shape index (κ2) is 19.8. The van der Waals surface area contributed by atoms with E-state index in [1.54, 1.807) is 0 Å². The highest BCUT2D eigenvalue weighted by atomic mass is 16.5. The van der Waals surface area contributed by atoms with Crippen LogP contribution in [0.1, 0.15) is 85.0 Å². The molecule has 0 aromatic rings. The zero-order chi connectivity index (χ0) is 19.3. The van der Waals surface area contributed by atoms with E-state index < -0.39 is 0 Å². The Morgan fingerprint density at radius 1 is 0.769 bits per heavy atom. The van der Waals surface area contributed by atoms with Gasteiger partial charge in [0.05, 0.1) is 6.61 Å². The standard InChI is InChI=1S/C24H40O2/c1-4-5-6-7-8-9-10-11-12-13-14-15-16-17-18-19-20-21-24(25)26-22-23(2)3/h8-9,11-12,14-15,17-18,23H,4-7,10,13,16,19-22H2,1-3H3/b9-8-,12-11-,15-14-,18-17-. The average Bonchev–Trinajstić information content (AvgIpc) is 2.62. The topological polar surface area (TPSA) is 26.3 Å². The Labute approximate surface area is 162 Å². The van der Waals surface area contributed by atoms with E-state index >= 15 is 0 Å². The molecule has 0 N–H and O–H groups in total. The molecule has 0 rings (SSSR count). The molecule has 0 radical (unpaired) electrons. The van der Waals surface area contributed by atoms with Crippen LogP contribution in [0.5, 0.6) is 0 Å². The lowest BCUT2D eigenvalue weighted by molar-refractivity contribution is -0.144. The molecule has 0 bridgehead atoms. The monoisotopic (exact) mass is 360 g/mol. The van der Waals surface area contributed by atoms with Gasteiger partial charge in [0, 0.05) is 6.42 Å². The number of hydrogen-bond acceptors (Lipinski definition) is 2. The summed E-state index contributed by atoms with van der Waals surface area (Å²) in [5.41, 5.74) is 0. The summed E-state index contributed by atoms with van der Waals surface area (Å²) in [4.78, 5) is 11.4. The van der Waals surface area contributed by atoms with Crippen LogP contribution in [-0.4, -0.2) is 12.6 Å². The molecule has 0 saturated heterocycles. The third-order valence-corrected chi connectivity index (χ3v) is 3.79. The maximum atomic E-state index is 11.4. The molecule has 0 saturated carbocycles. The first-order valence-corrected chi connectivity index (χ1v) is 10.4. The highest BCUT2D eigenvalue weighted by molar-refractivity contribution is 5.69. The Hall–Kier alpha value is -1.57. The van der Waals surface area contributed by atoms with Crippen LogP contribution in [0.3, 0.4) is 0 Å². The summed E-state index contributed by atoms with van der Waals surface area (Å²) in [6.45, 7) is 6.87. The molecular weight excluding hydrogens is 320 g/mol. The first-order chi connectivity index (χ1) is 12.7. The minimum Gasteiger partial charge on any atom is -0.465 e. The summed E-state index contributed by atoms with van der Waals surface area (Å²) in [6.07, 6.45) is 28.2. The Bertz CT molecular complexity index is 427. The fourth-order valence-corrected chi connectivity index (χ4v) is 2.26. The van der Waals surface area contributed by atoms with E-state index in [1.807, 2.05) is 13.8 Å². The van der Waals surface area contributed by atoms with Gasteiger partial charge in [-0.15, -0.1) is 0 Å². The van der Waals surface area contributed by atoms with Gasteiger partial charge in [-0.05, 0) is 50.9 Å². The van der Waals surface area contributed by atoms with Gasteiger partial charge in [-0.1, -0.05) is 82.2 Å². The molecule has 0 aliphatic heterocycles. The first-order valence-electron chi connectivity index (χ1n) is 10.4. The molecule has 0 fully saturated rings. The molecule has 0 aromatic carbocycles. The summed E-state index contributed by atoms with van der Waals surface area (Å²) in [5, 5.41) is 0. The van der Waals surface area contributed by atoms with Gasteiger partial charge in [-0.25, -0.2) is 0 Å². The molecule has 0 atom stereocenters. The van der Waals surface area contributed by atoms with Crippen LogP contribution in [0.2, 0.25) is 0 Å². The highest BCUT2D eigenvalue weighted by Gasteiger charge is 2.02. The fourth-order valence-electron chi connectivity index (χ4n) is 2.26. The molecule has 0 unspecified atom stereocenters. The van der Waals surface area contributed by atoms with E-state index in [1.165, 1.54) is 25.7 Å². The SMILES string of the molecule is CCCCC/C=C\C/C=C\C/C=C\C/C=C\CCCC(=O)OCC(C)C. The number of carbonyl (C=O) groups is 1. The van der Waals surface area contributed by atoms with Crippen LogP contribution in [0.15, 0.2) is 48.6 Å². The maximum Gasteiger partial charge on any atom is 0.305 e. The zero-order valence-electron chi connectivity index (χ0n) is 17.3. The van der Waals surface area contributed by atoms with Gasteiger partial charge in [0.15, 0.2) is 0 Å². The summed E-state index contributed by atoms with van der Waals surface area (Å²) in [5.74, 6) is 0.335. The van der Waals surface area contributed by atoms with Crippen LogP contribution >= 0.6 is 0 Å². The van der Waals surface area contributed by atoms with Gasteiger partial charge in [-0.3, -0.25) is 4.79 Å². The van der Waals surface area contributed by atoms with Gasteiger partial charge >= 0.3 is 5.97 Å². The molecule has 26 heavy (non-hydrogen) atoms. The third-order valence-electron chi connectivity index (χ3n) is 3.79. The van der Waals surface area contributed by atoms with Crippen molar-refractivity contribution in [3.05, 3.63) is 48.6 Å². The molecule has 148 valence electrons. The second-order valence-electron chi connectivity index (χ2n) is 7.06. The predicted molar refractivity (Wildman–Crippen MR) is 114 cm³/mol. The van der Waals surface area contributed by atoms with Crippen molar-refractivity contribution in [3.8, 4) is 0 Å². The van der Waals surface area contributed by atoms with Crippen LogP contribution in [0, 0.1) is 5.92 Å². The highest BCUT2D eigenvalue weighted by Crippen LogP contribution is 2.03. The lowest BCUT2D eigenvalue weighted by Crippen LogP contribution is -2.09. The van der Waals surface area contributed by atoms with E-state index in [0.717, 1.165) is 32.1 Å². The lowest BCUT2D eigenvalue weighted by atomic mass is 10.2. The van der Waals surface area contributed by atoms with Crippen molar-refractivity contribution in [1.29, 1.82) is 0 Å². The maximum absolute atomic E-state index is 11.4. The van der Waals surface area contributed by atoms with Crippen LogP contribution < -0.4 is 0 Å². The number of esters is 1. The zero-order valence-corrected chi connectivity index (χ0v) is 17.3. The number of allylic oxidation sites excluding steroid dienone is 8. The Kier molecular flexibility index (Phi) is 18.6. The summed E-state index contributed by atoms with van der Waals surface area (Å²) in [6, 6.07) is 0. The normalized spacial score (nSPS) is 12.5. The van der Waals surface area contributed by atoms with E-state index in [4.69, 9.17) is 4.74 Å². The molecule has 2 nitrogen and oxygen atoms in total. The van der Waals surface area contributed by atoms with Crippen molar-refractivity contribution in [2.45, 2.75) is 85.0 Å². The second-order valence-corrected chi connectivity index (χ2v) is 7.06. The van der Waals surface area contributed by atoms with Gasteiger partial charge in [-0.2, -0.15) is 0 Å². The van der Waals surface area contributed by atoms with Crippen molar-refractivity contribution in [2.24, 2.45) is 5.92 Å².